The molecule has 1 fully saturated rings. The topological polar surface area (TPSA) is 199 Å². The largest absolute Gasteiger partial charge is 0.507 e. The molecule has 12 nitrogen and oxygen atoms in total. The molecule has 1 aliphatic heterocycles. The summed E-state index contributed by atoms with van der Waals surface area (Å²) in [6.45, 7) is 1.61. The Hall–Kier alpha value is -3.85. The molecule has 2 aromatic carbocycles. The number of carbonyl (C=O) groups is 3. The van der Waals surface area contributed by atoms with Crippen molar-refractivity contribution in [2.24, 2.45) is 5.73 Å². The first kappa shape index (κ1) is 31.1. The summed E-state index contributed by atoms with van der Waals surface area (Å²) >= 11 is 1.11. The average Bonchev–Trinajstić information content (AvgIpc) is 3.02. The molecular weight excluding hydrogens is 604 g/mol. The number of hydrogen-bond acceptors (Lipinski definition) is 13. The van der Waals surface area contributed by atoms with E-state index in [9.17, 15) is 34.8 Å². The maximum atomic E-state index is 13.8. The van der Waals surface area contributed by atoms with Crippen LogP contribution >= 0.6 is 11.8 Å². The summed E-state index contributed by atoms with van der Waals surface area (Å²) < 4.78 is 17.3. The van der Waals surface area contributed by atoms with E-state index in [1.54, 1.807) is 31.3 Å². The molecular formula is C32H32N2O10S. The number of aliphatic hydroxyl groups excluding tert-OH is 1. The molecule has 6 N–H and O–H groups in total. The van der Waals surface area contributed by atoms with Crippen LogP contribution in [0.2, 0.25) is 0 Å². The third-order valence-corrected chi connectivity index (χ3v) is 9.59. The van der Waals surface area contributed by atoms with Crippen LogP contribution in [0.25, 0.3) is 0 Å². The van der Waals surface area contributed by atoms with Gasteiger partial charge in [-0.15, -0.1) is 0 Å². The van der Waals surface area contributed by atoms with E-state index in [4.69, 9.17) is 19.9 Å². The first-order chi connectivity index (χ1) is 21.4. The number of pyridine rings is 1. The summed E-state index contributed by atoms with van der Waals surface area (Å²) in [5.41, 5.74) is 2.85. The van der Waals surface area contributed by atoms with Gasteiger partial charge in [0.05, 0.1) is 52.9 Å². The number of hydrogen-bond donors (Lipinski definition) is 5. The molecule has 236 valence electrons. The summed E-state index contributed by atoms with van der Waals surface area (Å²) in [4.78, 5) is 45.4. The number of rotatable bonds is 7. The smallest absolute Gasteiger partial charge is 0.202 e. The molecule has 0 saturated carbocycles. The second-order valence-corrected chi connectivity index (χ2v) is 12.5. The second-order valence-electron chi connectivity index (χ2n) is 11.5. The number of ether oxygens (including phenoxy) is 3. The van der Waals surface area contributed by atoms with Gasteiger partial charge in [0.25, 0.3) is 0 Å². The molecule has 0 spiro atoms. The zero-order chi connectivity index (χ0) is 32.2. The lowest BCUT2D eigenvalue weighted by Gasteiger charge is -2.42. The van der Waals surface area contributed by atoms with Crippen LogP contribution in [-0.4, -0.2) is 85.8 Å². The van der Waals surface area contributed by atoms with Crippen LogP contribution in [-0.2, 0) is 20.7 Å². The molecule has 6 atom stereocenters. The Morgan fingerprint density at radius 1 is 1.11 bits per heavy atom. The van der Waals surface area contributed by atoms with Gasteiger partial charge in [-0.1, -0.05) is 30.0 Å². The van der Waals surface area contributed by atoms with Crippen LogP contribution in [0.5, 0.6) is 17.2 Å². The zero-order valence-corrected chi connectivity index (χ0v) is 25.2. The Kier molecular flexibility index (Phi) is 8.18. The lowest BCUT2D eigenvalue weighted by molar-refractivity contribution is -0.247. The van der Waals surface area contributed by atoms with Crippen molar-refractivity contribution in [1.29, 1.82) is 0 Å². The summed E-state index contributed by atoms with van der Waals surface area (Å²) in [5, 5.41) is 46.0. The minimum Gasteiger partial charge on any atom is -0.507 e. The molecule has 6 rings (SSSR count). The monoisotopic (exact) mass is 636 g/mol. The van der Waals surface area contributed by atoms with E-state index in [0.29, 0.717) is 5.03 Å². The molecule has 2 heterocycles. The maximum Gasteiger partial charge on any atom is 0.202 e. The predicted octanol–water partition coefficient (Wildman–Crippen LogP) is 2.20. The van der Waals surface area contributed by atoms with Crippen molar-refractivity contribution in [2.75, 3.05) is 12.9 Å². The molecule has 3 aromatic rings. The Morgan fingerprint density at radius 3 is 2.56 bits per heavy atom. The summed E-state index contributed by atoms with van der Waals surface area (Å²) in [7, 11) is 1.34. The average molecular weight is 637 g/mol. The number of aromatic hydroxyl groups is 2. The number of nitrogens with two attached hydrogens (primary N) is 1. The normalized spacial score (nSPS) is 27.4. The van der Waals surface area contributed by atoms with E-state index in [-0.39, 0.29) is 46.6 Å². The molecule has 0 amide bonds. The van der Waals surface area contributed by atoms with Crippen LogP contribution in [0.15, 0.2) is 47.6 Å². The molecule has 0 radical (unpaired) electrons. The molecule has 3 aliphatic rings. The highest BCUT2D eigenvalue weighted by molar-refractivity contribution is 7.99. The van der Waals surface area contributed by atoms with E-state index >= 15 is 0 Å². The van der Waals surface area contributed by atoms with Gasteiger partial charge in [0, 0.05) is 48.2 Å². The van der Waals surface area contributed by atoms with Gasteiger partial charge in [-0.05, 0) is 25.1 Å². The number of phenolic OH excluding ortho intramolecular Hbond substituents is 2. The van der Waals surface area contributed by atoms with E-state index in [2.05, 4.69) is 4.98 Å². The van der Waals surface area contributed by atoms with Crippen molar-refractivity contribution >= 4 is 29.1 Å². The van der Waals surface area contributed by atoms with Crippen molar-refractivity contribution in [3.8, 4) is 17.2 Å². The van der Waals surface area contributed by atoms with Crippen LogP contribution in [0.1, 0.15) is 68.8 Å². The molecule has 2 aliphatic carbocycles. The number of nitrogens with zero attached hydrogens (tertiary/aromatic N) is 1. The number of Topliss-reactive ketones (excluding diaryl/α,β-unsaturated/α-hetero) is 1. The third kappa shape index (κ3) is 5.29. The summed E-state index contributed by atoms with van der Waals surface area (Å²) in [6.07, 6.45) is -3.23. The van der Waals surface area contributed by atoms with Crippen LogP contribution < -0.4 is 10.5 Å². The van der Waals surface area contributed by atoms with Gasteiger partial charge in [0.1, 0.15) is 22.8 Å². The van der Waals surface area contributed by atoms with E-state index < -0.39 is 82.6 Å². The molecule has 1 aromatic heterocycles. The van der Waals surface area contributed by atoms with Gasteiger partial charge in [0.15, 0.2) is 17.9 Å². The van der Waals surface area contributed by atoms with E-state index in [0.717, 1.165) is 11.8 Å². The number of benzene rings is 2. The van der Waals surface area contributed by atoms with E-state index in [1.165, 1.54) is 25.3 Å². The summed E-state index contributed by atoms with van der Waals surface area (Å²) in [5.74, 6) is -3.41. The highest BCUT2D eigenvalue weighted by atomic mass is 32.2. The number of aliphatic hydroxyl groups is 2. The second kappa shape index (κ2) is 11.8. The fourth-order valence-electron chi connectivity index (χ4n) is 6.31. The minimum atomic E-state index is -2.11. The fraction of sp³-hybridized carbons (Fsp3) is 0.375. The Labute approximate surface area is 262 Å². The highest BCUT2D eigenvalue weighted by Gasteiger charge is 2.50. The molecule has 6 unspecified atom stereocenters. The van der Waals surface area contributed by atoms with Gasteiger partial charge in [-0.25, -0.2) is 4.98 Å². The Morgan fingerprint density at radius 2 is 1.87 bits per heavy atom. The van der Waals surface area contributed by atoms with Crippen molar-refractivity contribution in [3.05, 3.63) is 76.0 Å². The fourth-order valence-corrected chi connectivity index (χ4v) is 7.17. The van der Waals surface area contributed by atoms with Crippen LogP contribution in [0, 0.1) is 0 Å². The maximum absolute atomic E-state index is 13.8. The molecule has 1 saturated heterocycles. The number of methoxy groups -OCH3 is 1. The van der Waals surface area contributed by atoms with Gasteiger partial charge in [-0.2, -0.15) is 0 Å². The van der Waals surface area contributed by atoms with Crippen molar-refractivity contribution in [1.82, 2.24) is 4.98 Å². The van der Waals surface area contributed by atoms with Crippen molar-refractivity contribution in [2.45, 2.75) is 67.5 Å². The SMILES string of the molecule is COc1cccc2c1C(=O)c1c(O)c3c(c(O)c1C2=O)CC(O)(C(=O)CSc1ccccn1)CC3OC1CC(N)C(O)C(C)O1. The van der Waals surface area contributed by atoms with Crippen molar-refractivity contribution < 1.29 is 49.0 Å². The summed E-state index contributed by atoms with van der Waals surface area (Å²) in [6, 6.07) is 8.94. The third-order valence-electron chi connectivity index (χ3n) is 8.65. The first-order valence-electron chi connectivity index (χ1n) is 14.4. The predicted molar refractivity (Wildman–Crippen MR) is 160 cm³/mol. The van der Waals surface area contributed by atoms with E-state index in [1.807, 2.05) is 0 Å². The lowest BCUT2D eigenvalue weighted by atomic mass is 9.72. The van der Waals surface area contributed by atoms with Gasteiger partial charge in [0.2, 0.25) is 5.78 Å². The Balaban J connectivity index is 1.45. The zero-order valence-electron chi connectivity index (χ0n) is 24.4. The van der Waals surface area contributed by atoms with Crippen LogP contribution in [0.4, 0.5) is 0 Å². The Bertz CT molecular complexity index is 1690. The standard InChI is InChI=1S/C32H32N2O10S/c1-14-27(36)17(33)10-22(43-14)44-19-12-32(41,20(35)13-45-21-8-3-4-9-34-21)11-16-24(19)31(40)26-25(29(16)38)28(37)15-6-5-7-18(42-2)23(15)30(26)39/h3-9,14,17,19,22,27,36,38,40-41H,10-13,33H2,1-2H3. The first-order valence-corrected chi connectivity index (χ1v) is 15.3. The van der Waals surface area contributed by atoms with Crippen LogP contribution in [0.3, 0.4) is 0 Å². The minimum absolute atomic E-state index is 0.0275. The number of fused-ring (bicyclic) bond motifs is 3. The number of ketones is 3. The quantitative estimate of drug-likeness (QED) is 0.146. The molecule has 45 heavy (non-hydrogen) atoms. The van der Waals surface area contributed by atoms with Gasteiger partial charge in [-0.3, -0.25) is 14.4 Å². The van der Waals surface area contributed by atoms with Gasteiger partial charge >= 0.3 is 0 Å². The number of aromatic nitrogens is 1. The molecule has 13 heteroatoms. The highest BCUT2D eigenvalue weighted by Crippen LogP contribution is 2.52. The van der Waals surface area contributed by atoms with Gasteiger partial charge < -0.3 is 40.4 Å². The molecule has 0 bridgehead atoms. The number of carbonyl (C=O) groups excluding carboxylic acids is 3. The number of thioether (sulfide) groups is 1. The lowest BCUT2D eigenvalue weighted by Crippen LogP contribution is -2.52. The van der Waals surface area contributed by atoms with Crippen molar-refractivity contribution in [3.63, 3.8) is 0 Å². The number of phenols is 2.